The Morgan fingerprint density at radius 3 is 2.32 bits per heavy atom. The molecule has 3 aromatic rings. The Morgan fingerprint density at radius 2 is 1.68 bits per heavy atom. The van der Waals surface area contributed by atoms with E-state index in [0.717, 1.165) is 32.2 Å². The van der Waals surface area contributed by atoms with E-state index in [9.17, 15) is 5.21 Å². The molecular formula is C20H19NO. The number of fused-ring (bicyclic) bond motifs is 1. The lowest BCUT2D eigenvalue weighted by molar-refractivity contribution is -0.612. The Bertz CT molecular complexity index is 879. The van der Waals surface area contributed by atoms with E-state index in [1.54, 1.807) is 0 Å². The highest BCUT2D eigenvalue weighted by Crippen LogP contribution is 2.34. The number of benzene rings is 2. The first-order chi connectivity index (χ1) is 10.5. The minimum atomic E-state index is 0.654. The lowest BCUT2D eigenvalue weighted by Gasteiger charge is -2.16. The van der Waals surface area contributed by atoms with Gasteiger partial charge in [0, 0.05) is 17.9 Å². The second-order valence-electron chi connectivity index (χ2n) is 5.80. The molecule has 1 heterocycles. The van der Waals surface area contributed by atoms with Crippen LogP contribution in [0.3, 0.4) is 0 Å². The third-order valence-corrected chi connectivity index (χ3v) is 4.05. The number of aromatic nitrogens is 1. The number of aryl methyl sites for hydroxylation is 2. The van der Waals surface area contributed by atoms with Gasteiger partial charge in [0.1, 0.15) is 0 Å². The van der Waals surface area contributed by atoms with Crippen LogP contribution in [0.5, 0.6) is 0 Å². The zero-order valence-electron chi connectivity index (χ0n) is 13.2. The summed E-state index contributed by atoms with van der Waals surface area (Å²) in [4.78, 5) is 0. The van der Waals surface area contributed by atoms with Gasteiger partial charge >= 0.3 is 0 Å². The molecule has 2 aromatic carbocycles. The van der Waals surface area contributed by atoms with Crippen LogP contribution in [-0.4, -0.2) is 0 Å². The summed E-state index contributed by atoms with van der Waals surface area (Å²) >= 11 is 0. The minimum absolute atomic E-state index is 0.654. The summed E-state index contributed by atoms with van der Waals surface area (Å²) in [7, 11) is 0. The molecule has 110 valence electrons. The molecule has 0 amide bonds. The van der Waals surface area contributed by atoms with E-state index in [-0.39, 0.29) is 0 Å². The Labute approximate surface area is 130 Å². The summed E-state index contributed by atoms with van der Waals surface area (Å²) < 4.78 is 1.02. The van der Waals surface area contributed by atoms with E-state index in [2.05, 4.69) is 19.6 Å². The fourth-order valence-electron chi connectivity index (χ4n) is 2.97. The minimum Gasteiger partial charge on any atom is -0.618 e. The Hall–Kier alpha value is -2.61. The number of pyridine rings is 1. The maximum Gasteiger partial charge on any atom is 0.227 e. The number of hydrogen-bond acceptors (Lipinski definition) is 1. The van der Waals surface area contributed by atoms with Crippen LogP contribution in [0.25, 0.3) is 27.5 Å². The van der Waals surface area contributed by atoms with Crippen LogP contribution in [0, 0.1) is 19.1 Å². The molecule has 0 spiro atoms. The average molecular weight is 289 g/mol. The maximum atomic E-state index is 12.8. The van der Waals surface area contributed by atoms with Crippen molar-refractivity contribution in [2.75, 3.05) is 0 Å². The van der Waals surface area contributed by atoms with E-state index in [1.165, 1.54) is 5.56 Å². The molecule has 22 heavy (non-hydrogen) atoms. The molecule has 1 aromatic heterocycles. The Balaban J connectivity index is 2.56. The maximum absolute atomic E-state index is 12.8. The van der Waals surface area contributed by atoms with Crippen molar-refractivity contribution in [2.24, 2.45) is 0 Å². The van der Waals surface area contributed by atoms with Crippen LogP contribution in [0.2, 0.25) is 0 Å². The van der Waals surface area contributed by atoms with Crippen molar-refractivity contribution in [3.8, 4) is 11.1 Å². The first kappa shape index (κ1) is 14.3. The van der Waals surface area contributed by atoms with E-state index >= 15 is 0 Å². The molecule has 0 saturated heterocycles. The first-order valence-electron chi connectivity index (χ1n) is 7.38. The molecule has 0 unspecified atom stereocenters. The van der Waals surface area contributed by atoms with Gasteiger partial charge in [-0.3, -0.25) is 0 Å². The second kappa shape index (κ2) is 5.30. The van der Waals surface area contributed by atoms with Crippen LogP contribution in [0.1, 0.15) is 23.9 Å². The Kier molecular flexibility index (Phi) is 3.45. The van der Waals surface area contributed by atoms with Gasteiger partial charge < -0.3 is 5.21 Å². The van der Waals surface area contributed by atoms with Crippen molar-refractivity contribution in [3.63, 3.8) is 0 Å². The number of hydrogen-bond donors (Lipinski definition) is 0. The van der Waals surface area contributed by atoms with Crippen LogP contribution in [0.15, 0.2) is 55.1 Å². The van der Waals surface area contributed by atoms with Crippen molar-refractivity contribution in [2.45, 2.75) is 20.8 Å². The fraction of sp³-hybridized carbons (Fsp3) is 0.150. The average Bonchev–Trinajstić information content (AvgIpc) is 2.51. The van der Waals surface area contributed by atoms with Crippen molar-refractivity contribution in [1.82, 2.24) is 0 Å². The van der Waals surface area contributed by atoms with Gasteiger partial charge in [-0.25, -0.2) is 0 Å². The molecule has 0 atom stereocenters. The molecule has 0 aliphatic heterocycles. The van der Waals surface area contributed by atoms with Crippen molar-refractivity contribution >= 4 is 16.3 Å². The van der Waals surface area contributed by atoms with Crippen molar-refractivity contribution < 1.29 is 4.73 Å². The highest BCUT2D eigenvalue weighted by atomic mass is 16.5. The highest BCUT2D eigenvalue weighted by molar-refractivity contribution is 6.00. The van der Waals surface area contributed by atoms with Gasteiger partial charge in [-0.2, -0.15) is 4.73 Å². The van der Waals surface area contributed by atoms with Crippen molar-refractivity contribution in [3.05, 3.63) is 77.3 Å². The molecule has 0 radical (unpaired) electrons. The Morgan fingerprint density at radius 1 is 1.00 bits per heavy atom. The molecule has 0 fully saturated rings. The number of rotatable bonds is 2. The zero-order chi connectivity index (χ0) is 15.9. The van der Waals surface area contributed by atoms with E-state index in [1.807, 2.05) is 56.3 Å². The second-order valence-corrected chi connectivity index (χ2v) is 5.80. The summed E-state index contributed by atoms with van der Waals surface area (Å²) in [6, 6.07) is 16.3. The highest BCUT2D eigenvalue weighted by Gasteiger charge is 2.22. The monoisotopic (exact) mass is 289 g/mol. The first-order valence-corrected chi connectivity index (χ1v) is 7.38. The summed E-state index contributed by atoms with van der Waals surface area (Å²) in [6.07, 6.45) is 0. The molecule has 0 aliphatic carbocycles. The van der Waals surface area contributed by atoms with Crippen LogP contribution < -0.4 is 4.73 Å². The van der Waals surface area contributed by atoms with Gasteiger partial charge in [0.15, 0.2) is 5.69 Å². The molecule has 0 aliphatic rings. The molecule has 0 N–H and O–H groups in total. The van der Waals surface area contributed by atoms with E-state index < -0.39 is 0 Å². The van der Waals surface area contributed by atoms with Gasteiger partial charge in [-0.15, -0.1) is 0 Å². The van der Waals surface area contributed by atoms with Gasteiger partial charge in [0.05, 0.1) is 10.9 Å². The molecule has 3 rings (SSSR count). The standard InChI is InChI=1S/C20H19NO/c1-13(2)20-19(16-8-6-5-7-9-16)18-12-14(3)10-11-17(18)15(4)21(20)22/h5-12H,1H2,2-4H3. The van der Waals surface area contributed by atoms with Crippen molar-refractivity contribution in [1.29, 1.82) is 0 Å². The van der Waals surface area contributed by atoms with Gasteiger partial charge in [0.2, 0.25) is 5.69 Å². The molecule has 2 heteroatoms. The predicted molar refractivity (Wildman–Crippen MR) is 92.5 cm³/mol. The lowest BCUT2D eigenvalue weighted by atomic mass is 9.93. The SMILES string of the molecule is C=C(C)c1c(-c2ccccc2)c2cc(C)ccc2c(C)[n+]1[O-]. The van der Waals surface area contributed by atoms with Crippen LogP contribution in [-0.2, 0) is 0 Å². The molecular weight excluding hydrogens is 270 g/mol. The number of allylic oxidation sites excluding steroid dienone is 1. The molecule has 0 saturated carbocycles. The quantitative estimate of drug-likeness (QED) is 0.492. The topological polar surface area (TPSA) is 26.9 Å². The lowest BCUT2D eigenvalue weighted by Crippen LogP contribution is -2.35. The van der Waals surface area contributed by atoms with Crippen LogP contribution >= 0.6 is 0 Å². The molecule has 2 nitrogen and oxygen atoms in total. The van der Waals surface area contributed by atoms with Gasteiger partial charge in [0.25, 0.3) is 0 Å². The van der Waals surface area contributed by atoms with Gasteiger partial charge in [-0.05, 0) is 25.5 Å². The number of nitrogens with zero attached hydrogens (tertiary/aromatic N) is 1. The normalized spacial score (nSPS) is 10.9. The summed E-state index contributed by atoms with van der Waals surface area (Å²) in [6.45, 7) is 9.85. The summed E-state index contributed by atoms with van der Waals surface area (Å²) in [5, 5.41) is 14.9. The fourth-order valence-corrected chi connectivity index (χ4v) is 2.97. The van der Waals surface area contributed by atoms with E-state index in [0.29, 0.717) is 11.4 Å². The predicted octanol–water partition coefficient (Wildman–Crippen LogP) is 4.79. The molecule has 0 bridgehead atoms. The smallest absolute Gasteiger partial charge is 0.227 e. The van der Waals surface area contributed by atoms with Crippen LogP contribution in [0.4, 0.5) is 0 Å². The zero-order valence-corrected chi connectivity index (χ0v) is 13.2. The summed E-state index contributed by atoms with van der Waals surface area (Å²) in [5.74, 6) is 0. The summed E-state index contributed by atoms with van der Waals surface area (Å²) in [5.41, 5.74) is 5.34. The third-order valence-electron chi connectivity index (χ3n) is 4.05. The van der Waals surface area contributed by atoms with Gasteiger partial charge in [-0.1, -0.05) is 54.6 Å². The van der Waals surface area contributed by atoms with E-state index in [4.69, 9.17) is 0 Å². The largest absolute Gasteiger partial charge is 0.618 e. The third kappa shape index (κ3) is 2.17.